The summed E-state index contributed by atoms with van der Waals surface area (Å²) in [4.78, 5) is 12.6. The van der Waals surface area contributed by atoms with Gasteiger partial charge in [-0.3, -0.25) is 4.79 Å². The lowest BCUT2D eigenvalue weighted by Gasteiger charge is -2.18. The first-order valence-electron chi connectivity index (χ1n) is 8.30. The third-order valence-electron chi connectivity index (χ3n) is 3.51. The van der Waals surface area contributed by atoms with Crippen LogP contribution in [0.5, 0.6) is 11.5 Å². The molecule has 4 nitrogen and oxygen atoms in total. The highest BCUT2D eigenvalue weighted by molar-refractivity contribution is 5.97. The summed E-state index contributed by atoms with van der Waals surface area (Å²) in [5, 5.41) is 3.02. The fourth-order valence-corrected chi connectivity index (χ4v) is 2.41. The molecule has 0 saturated heterocycles. The standard InChI is InChI=1S/C20H25NO3/c1-5-23-17-10-8-9-16(13-17)15(4)21-20(22)18-11-6-7-12-19(18)24-14(2)3/h6-15H,5H2,1-4H3,(H,21,22). The zero-order valence-electron chi connectivity index (χ0n) is 14.7. The SMILES string of the molecule is CCOc1cccc(C(C)NC(=O)c2ccccc2OC(C)C)c1. The Bertz CT molecular complexity index is 682. The van der Waals surface area contributed by atoms with Crippen LogP contribution >= 0.6 is 0 Å². The van der Waals surface area contributed by atoms with Crippen LogP contribution in [0.2, 0.25) is 0 Å². The van der Waals surface area contributed by atoms with E-state index >= 15 is 0 Å². The number of carbonyl (C=O) groups is 1. The molecule has 2 rings (SSSR count). The minimum atomic E-state index is -0.152. The molecule has 0 aliphatic heterocycles. The van der Waals surface area contributed by atoms with Gasteiger partial charge < -0.3 is 14.8 Å². The van der Waals surface area contributed by atoms with Crippen LogP contribution < -0.4 is 14.8 Å². The molecule has 0 bridgehead atoms. The molecule has 0 spiro atoms. The van der Waals surface area contributed by atoms with Crippen LogP contribution in [0.4, 0.5) is 0 Å². The van der Waals surface area contributed by atoms with E-state index < -0.39 is 0 Å². The van der Waals surface area contributed by atoms with E-state index in [0.717, 1.165) is 11.3 Å². The molecule has 4 heteroatoms. The maximum atomic E-state index is 12.6. The Morgan fingerprint density at radius 3 is 2.54 bits per heavy atom. The van der Waals surface area contributed by atoms with Gasteiger partial charge in [-0.25, -0.2) is 0 Å². The lowest BCUT2D eigenvalue weighted by atomic mass is 10.1. The second kappa shape index (κ2) is 8.39. The van der Waals surface area contributed by atoms with Crippen molar-refractivity contribution in [3.8, 4) is 11.5 Å². The molecule has 2 aromatic rings. The summed E-state index contributed by atoms with van der Waals surface area (Å²) >= 11 is 0. The van der Waals surface area contributed by atoms with E-state index in [1.54, 1.807) is 6.07 Å². The minimum absolute atomic E-state index is 0.0132. The van der Waals surface area contributed by atoms with Gasteiger partial charge >= 0.3 is 0 Å². The summed E-state index contributed by atoms with van der Waals surface area (Å²) in [7, 11) is 0. The third-order valence-corrected chi connectivity index (χ3v) is 3.51. The molecule has 24 heavy (non-hydrogen) atoms. The quantitative estimate of drug-likeness (QED) is 0.822. The van der Waals surface area contributed by atoms with E-state index in [4.69, 9.17) is 9.47 Å². The molecular formula is C20H25NO3. The molecule has 0 aromatic heterocycles. The second-order valence-corrected chi connectivity index (χ2v) is 5.86. The largest absolute Gasteiger partial charge is 0.494 e. The van der Waals surface area contributed by atoms with E-state index in [1.165, 1.54) is 0 Å². The topological polar surface area (TPSA) is 47.6 Å². The maximum absolute atomic E-state index is 12.6. The van der Waals surface area contributed by atoms with E-state index in [1.807, 2.05) is 70.2 Å². The number of amides is 1. The second-order valence-electron chi connectivity index (χ2n) is 5.86. The Morgan fingerprint density at radius 1 is 1.08 bits per heavy atom. The first-order chi connectivity index (χ1) is 11.5. The van der Waals surface area contributed by atoms with Gasteiger partial charge in [0.1, 0.15) is 11.5 Å². The lowest BCUT2D eigenvalue weighted by Crippen LogP contribution is -2.27. The average molecular weight is 327 g/mol. The van der Waals surface area contributed by atoms with Gasteiger partial charge in [-0.2, -0.15) is 0 Å². The summed E-state index contributed by atoms with van der Waals surface area (Å²) in [6.07, 6.45) is 0.0132. The van der Waals surface area contributed by atoms with Crippen LogP contribution in [-0.2, 0) is 0 Å². The van der Waals surface area contributed by atoms with E-state index in [2.05, 4.69) is 5.32 Å². The van der Waals surface area contributed by atoms with E-state index in [9.17, 15) is 4.79 Å². The molecule has 1 amide bonds. The van der Waals surface area contributed by atoms with Gasteiger partial charge in [0.2, 0.25) is 0 Å². The monoisotopic (exact) mass is 327 g/mol. The molecule has 0 aliphatic carbocycles. The van der Waals surface area contributed by atoms with E-state index in [-0.39, 0.29) is 18.1 Å². The van der Waals surface area contributed by atoms with Crippen molar-refractivity contribution in [2.75, 3.05) is 6.61 Å². The number of ether oxygens (including phenoxy) is 2. The van der Waals surface area contributed by atoms with Crippen LogP contribution in [0, 0.1) is 0 Å². The highest BCUT2D eigenvalue weighted by Crippen LogP contribution is 2.22. The molecule has 2 aromatic carbocycles. The Hall–Kier alpha value is -2.49. The average Bonchev–Trinajstić information content (AvgIpc) is 2.55. The molecule has 1 atom stereocenters. The van der Waals surface area contributed by atoms with Gasteiger partial charge in [-0.15, -0.1) is 0 Å². The zero-order chi connectivity index (χ0) is 17.5. The van der Waals surface area contributed by atoms with Crippen LogP contribution in [-0.4, -0.2) is 18.6 Å². The third kappa shape index (κ3) is 4.75. The summed E-state index contributed by atoms with van der Waals surface area (Å²) in [5.74, 6) is 1.25. The summed E-state index contributed by atoms with van der Waals surface area (Å²) in [5.41, 5.74) is 1.54. The molecular weight excluding hydrogens is 302 g/mol. The van der Waals surface area contributed by atoms with Crippen molar-refractivity contribution in [1.29, 1.82) is 0 Å². The van der Waals surface area contributed by atoms with Crippen LogP contribution in [0.3, 0.4) is 0 Å². The molecule has 1 unspecified atom stereocenters. The number of para-hydroxylation sites is 1. The summed E-state index contributed by atoms with van der Waals surface area (Å²) in [6, 6.07) is 14.9. The van der Waals surface area contributed by atoms with Crippen LogP contribution in [0.25, 0.3) is 0 Å². The van der Waals surface area contributed by atoms with Crippen molar-refractivity contribution in [2.24, 2.45) is 0 Å². The Balaban J connectivity index is 2.13. The molecule has 128 valence electrons. The van der Waals surface area contributed by atoms with Crippen molar-refractivity contribution in [3.63, 3.8) is 0 Å². The van der Waals surface area contributed by atoms with Gasteiger partial charge in [0.05, 0.1) is 24.3 Å². The maximum Gasteiger partial charge on any atom is 0.255 e. The summed E-state index contributed by atoms with van der Waals surface area (Å²) < 4.78 is 11.2. The Morgan fingerprint density at radius 2 is 1.83 bits per heavy atom. The van der Waals surface area contributed by atoms with Gasteiger partial charge in [-0.05, 0) is 57.5 Å². The number of hydrogen-bond donors (Lipinski definition) is 1. The van der Waals surface area contributed by atoms with Crippen molar-refractivity contribution in [3.05, 3.63) is 59.7 Å². The number of rotatable bonds is 7. The molecule has 0 aliphatic rings. The predicted octanol–water partition coefficient (Wildman–Crippen LogP) is 4.36. The van der Waals surface area contributed by atoms with Gasteiger partial charge in [0, 0.05) is 0 Å². The van der Waals surface area contributed by atoms with Gasteiger partial charge in [0.15, 0.2) is 0 Å². The Labute approximate surface area is 143 Å². The number of benzene rings is 2. The number of nitrogens with one attached hydrogen (secondary N) is 1. The van der Waals surface area contributed by atoms with Crippen molar-refractivity contribution >= 4 is 5.91 Å². The fourth-order valence-electron chi connectivity index (χ4n) is 2.41. The van der Waals surface area contributed by atoms with E-state index in [0.29, 0.717) is 17.9 Å². The minimum Gasteiger partial charge on any atom is -0.494 e. The molecule has 1 N–H and O–H groups in total. The van der Waals surface area contributed by atoms with Gasteiger partial charge in [0.25, 0.3) is 5.91 Å². The molecule has 0 heterocycles. The smallest absolute Gasteiger partial charge is 0.255 e. The van der Waals surface area contributed by atoms with Crippen molar-refractivity contribution < 1.29 is 14.3 Å². The zero-order valence-corrected chi connectivity index (χ0v) is 14.7. The van der Waals surface area contributed by atoms with Crippen molar-refractivity contribution in [2.45, 2.75) is 39.8 Å². The van der Waals surface area contributed by atoms with Crippen molar-refractivity contribution in [1.82, 2.24) is 5.32 Å². The fraction of sp³-hybridized carbons (Fsp3) is 0.350. The number of carbonyl (C=O) groups excluding carboxylic acids is 1. The molecule has 0 saturated carbocycles. The summed E-state index contributed by atoms with van der Waals surface area (Å²) in [6.45, 7) is 8.40. The normalized spacial score (nSPS) is 11.9. The Kier molecular flexibility index (Phi) is 6.24. The first kappa shape index (κ1) is 17.9. The lowest BCUT2D eigenvalue weighted by molar-refractivity contribution is 0.0934. The van der Waals surface area contributed by atoms with Gasteiger partial charge in [-0.1, -0.05) is 24.3 Å². The molecule has 0 fully saturated rings. The van der Waals surface area contributed by atoms with Crippen LogP contribution in [0.15, 0.2) is 48.5 Å². The first-order valence-corrected chi connectivity index (χ1v) is 8.30. The van der Waals surface area contributed by atoms with Crippen LogP contribution in [0.1, 0.15) is 49.7 Å². The highest BCUT2D eigenvalue weighted by Gasteiger charge is 2.16. The molecule has 0 radical (unpaired) electrons. The predicted molar refractivity (Wildman–Crippen MR) is 95.7 cm³/mol. The highest BCUT2D eigenvalue weighted by atomic mass is 16.5. The number of hydrogen-bond acceptors (Lipinski definition) is 3.